The van der Waals surface area contributed by atoms with E-state index in [1.54, 1.807) is 7.11 Å². The predicted octanol–water partition coefficient (Wildman–Crippen LogP) is 2.56. The van der Waals surface area contributed by atoms with Crippen molar-refractivity contribution in [3.63, 3.8) is 0 Å². The van der Waals surface area contributed by atoms with Gasteiger partial charge in [-0.3, -0.25) is 4.79 Å². The summed E-state index contributed by atoms with van der Waals surface area (Å²) in [6.07, 6.45) is 0. The maximum absolute atomic E-state index is 11.9. The summed E-state index contributed by atoms with van der Waals surface area (Å²) in [5.41, 5.74) is 1.47. The van der Waals surface area contributed by atoms with Crippen LogP contribution in [0.2, 0.25) is 0 Å². The van der Waals surface area contributed by atoms with Crippen LogP contribution in [-0.2, 0) is 0 Å². The van der Waals surface area contributed by atoms with E-state index in [0.29, 0.717) is 18.2 Å². The van der Waals surface area contributed by atoms with E-state index in [1.807, 2.05) is 24.3 Å². The van der Waals surface area contributed by atoms with E-state index in [-0.39, 0.29) is 5.91 Å². The van der Waals surface area contributed by atoms with Crippen LogP contribution >= 0.6 is 0 Å². The van der Waals surface area contributed by atoms with Gasteiger partial charge in [0.25, 0.3) is 5.91 Å². The highest BCUT2D eigenvalue weighted by Crippen LogP contribution is 2.25. The van der Waals surface area contributed by atoms with Crippen LogP contribution in [0.4, 0.5) is 0 Å². The number of methoxy groups -OCH3 is 1. The number of aromatic amines is 1. The maximum atomic E-state index is 11.9. The summed E-state index contributed by atoms with van der Waals surface area (Å²) in [6, 6.07) is 7.53. The van der Waals surface area contributed by atoms with Crippen molar-refractivity contribution in [3.8, 4) is 5.75 Å². The summed E-state index contributed by atoms with van der Waals surface area (Å²) in [4.78, 5) is 15.0. The molecule has 0 bridgehead atoms. The van der Waals surface area contributed by atoms with Crippen LogP contribution in [0.3, 0.4) is 0 Å². The average molecular weight is 246 g/mol. The Kier molecular flexibility index (Phi) is 3.55. The molecule has 0 aliphatic heterocycles. The number of carbonyl (C=O) groups is 1. The van der Waals surface area contributed by atoms with E-state index in [9.17, 15) is 4.79 Å². The lowest BCUT2D eigenvalue weighted by atomic mass is 10.2. The third kappa shape index (κ3) is 2.47. The number of fused-ring (bicyclic) bond motifs is 1. The second-order valence-corrected chi connectivity index (χ2v) is 4.71. The van der Waals surface area contributed by atoms with Crippen LogP contribution in [0.25, 0.3) is 10.9 Å². The first-order valence-corrected chi connectivity index (χ1v) is 6.05. The van der Waals surface area contributed by atoms with E-state index in [1.165, 1.54) is 0 Å². The number of rotatable bonds is 4. The van der Waals surface area contributed by atoms with Gasteiger partial charge >= 0.3 is 0 Å². The van der Waals surface area contributed by atoms with Crippen molar-refractivity contribution in [2.45, 2.75) is 13.8 Å². The number of nitrogens with one attached hydrogen (secondary N) is 2. The summed E-state index contributed by atoms with van der Waals surface area (Å²) in [6.45, 7) is 4.80. The Labute approximate surface area is 106 Å². The molecule has 2 rings (SSSR count). The molecule has 1 aromatic heterocycles. The highest BCUT2D eigenvalue weighted by molar-refractivity contribution is 5.99. The van der Waals surface area contributed by atoms with Crippen molar-refractivity contribution in [1.82, 2.24) is 10.3 Å². The molecule has 0 fully saturated rings. The third-order valence-electron chi connectivity index (χ3n) is 2.76. The molecule has 0 radical (unpaired) electrons. The molecule has 1 amide bonds. The standard InChI is InChI=1S/C14H18N2O2/c1-9(2)8-15-14(17)12-7-10-11(16-12)5-4-6-13(10)18-3/h4-7,9,16H,8H2,1-3H3,(H,15,17). The normalized spacial score (nSPS) is 10.9. The Morgan fingerprint density at radius 2 is 2.22 bits per heavy atom. The molecular weight excluding hydrogens is 228 g/mol. The fourth-order valence-corrected chi connectivity index (χ4v) is 1.82. The van der Waals surface area contributed by atoms with Gasteiger partial charge in [0.05, 0.1) is 7.11 Å². The predicted molar refractivity (Wildman–Crippen MR) is 72.0 cm³/mol. The Bertz CT molecular complexity index is 558. The number of H-pyrrole nitrogens is 1. The molecule has 0 unspecified atom stereocenters. The molecule has 1 heterocycles. The molecule has 0 saturated heterocycles. The first kappa shape index (κ1) is 12.5. The highest BCUT2D eigenvalue weighted by Gasteiger charge is 2.11. The number of benzene rings is 1. The van der Waals surface area contributed by atoms with Crippen LogP contribution < -0.4 is 10.1 Å². The summed E-state index contributed by atoms with van der Waals surface area (Å²) in [5, 5.41) is 3.81. The Balaban J connectivity index is 2.27. The van der Waals surface area contributed by atoms with Gasteiger partial charge in [0.15, 0.2) is 0 Å². The second kappa shape index (κ2) is 5.12. The Hall–Kier alpha value is -1.97. The molecule has 1 aromatic carbocycles. The van der Waals surface area contributed by atoms with Crippen LogP contribution in [0.15, 0.2) is 24.3 Å². The van der Waals surface area contributed by atoms with Crippen LogP contribution in [0, 0.1) is 5.92 Å². The molecule has 0 aliphatic carbocycles. The minimum Gasteiger partial charge on any atom is -0.496 e. The van der Waals surface area contributed by atoms with Gasteiger partial charge in [0, 0.05) is 17.4 Å². The fourth-order valence-electron chi connectivity index (χ4n) is 1.82. The van der Waals surface area contributed by atoms with Gasteiger partial charge in [0.2, 0.25) is 0 Å². The highest BCUT2D eigenvalue weighted by atomic mass is 16.5. The molecule has 0 atom stereocenters. The van der Waals surface area contributed by atoms with E-state index >= 15 is 0 Å². The van der Waals surface area contributed by atoms with Gasteiger partial charge < -0.3 is 15.0 Å². The van der Waals surface area contributed by atoms with E-state index in [2.05, 4.69) is 24.1 Å². The Morgan fingerprint density at radius 3 is 2.89 bits per heavy atom. The van der Waals surface area contributed by atoms with Crippen molar-refractivity contribution in [1.29, 1.82) is 0 Å². The monoisotopic (exact) mass is 246 g/mol. The van der Waals surface area contributed by atoms with Crippen molar-refractivity contribution < 1.29 is 9.53 Å². The minimum atomic E-state index is -0.0815. The molecule has 96 valence electrons. The van der Waals surface area contributed by atoms with Crippen LogP contribution in [-0.4, -0.2) is 24.5 Å². The number of amides is 1. The molecule has 4 heteroatoms. The first-order valence-electron chi connectivity index (χ1n) is 6.05. The van der Waals surface area contributed by atoms with E-state index < -0.39 is 0 Å². The fraction of sp³-hybridized carbons (Fsp3) is 0.357. The van der Waals surface area contributed by atoms with E-state index in [4.69, 9.17) is 4.74 Å². The lowest BCUT2D eigenvalue weighted by Gasteiger charge is -2.05. The maximum Gasteiger partial charge on any atom is 0.267 e. The molecule has 2 N–H and O–H groups in total. The zero-order valence-corrected chi connectivity index (χ0v) is 10.9. The first-order chi connectivity index (χ1) is 8.61. The van der Waals surface area contributed by atoms with Crippen molar-refractivity contribution in [2.75, 3.05) is 13.7 Å². The van der Waals surface area contributed by atoms with Gasteiger partial charge in [0.1, 0.15) is 11.4 Å². The summed E-state index contributed by atoms with van der Waals surface area (Å²) in [7, 11) is 1.63. The number of aromatic nitrogens is 1. The summed E-state index contributed by atoms with van der Waals surface area (Å²) < 4.78 is 5.27. The van der Waals surface area contributed by atoms with Crippen molar-refractivity contribution in [3.05, 3.63) is 30.0 Å². The number of ether oxygens (including phenoxy) is 1. The molecule has 0 spiro atoms. The van der Waals surface area contributed by atoms with Crippen molar-refractivity contribution in [2.24, 2.45) is 5.92 Å². The quantitative estimate of drug-likeness (QED) is 0.871. The smallest absolute Gasteiger partial charge is 0.267 e. The third-order valence-corrected chi connectivity index (χ3v) is 2.76. The van der Waals surface area contributed by atoms with Gasteiger partial charge in [-0.15, -0.1) is 0 Å². The zero-order chi connectivity index (χ0) is 13.1. The lowest BCUT2D eigenvalue weighted by Crippen LogP contribution is -2.27. The van der Waals surface area contributed by atoms with Crippen LogP contribution in [0.1, 0.15) is 24.3 Å². The summed E-state index contributed by atoms with van der Waals surface area (Å²) in [5.74, 6) is 1.13. The van der Waals surface area contributed by atoms with Gasteiger partial charge in [-0.05, 0) is 24.1 Å². The second-order valence-electron chi connectivity index (χ2n) is 4.71. The van der Waals surface area contributed by atoms with Crippen molar-refractivity contribution >= 4 is 16.8 Å². The molecular formula is C14H18N2O2. The topological polar surface area (TPSA) is 54.1 Å². The summed E-state index contributed by atoms with van der Waals surface area (Å²) >= 11 is 0. The number of carbonyl (C=O) groups excluding carboxylic acids is 1. The molecule has 0 aliphatic rings. The lowest BCUT2D eigenvalue weighted by molar-refractivity contribution is 0.0945. The van der Waals surface area contributed by atoms with E-state index in [0.717, 1.165) is 16.7 Å². The van der Waals surface area contributed by atoms with Crippen LogP contribution in [0.5, 0.6) is 5.75 Å². The largest absolute Gasteiger partial charge is 0.496 e. The minimum absolute atomic E-state index is 0.0815. The zero-order valence-electron chi connectivity index (χ0n) is 10.9. The molecule has 18 heavy (non-hydrogen) atoms. The molecule has 2 aromatic rings. The van der Waals surface area contributed by atoms with Gasteiger partial charge in [-0.25, -0.2) is 0 Å². The number of hydrogen-bond acceptors (Lipinski definition) is 2. The van der Waals surface area contributed by atoms with Gasteiger partial charge in [-0.2, -0.15) is 0 Å². The number of hydrogen-bond donors (Lipinski definition) is 2. The average Bonchev–Trinajstić information content (AvgIpc) is 2.79. The Morgan fingerprint density at radius 1 is 1.44 bits per heavy atom. The molecule has 4 nitrogen and oxygen atoms in total. The SMILES string of the molecule is COc1cccc2[nH]c(C(=O)NCC(C)C)cc12. The molecule has 0 saturated carbocycles. The van der Waals surface area contributed by atoms with Gasteiger partial charge in [-0.1, -0.05) is 19.9 Å².